The van der Waals surface area contributed by atoms with Gasteiger partial charge in [-0.3, -0.25) is 4.79 Å². The van der Waals surface area contributed by atoms with Crippen molar-refractivity contribution in [3.05, 3.63) is 17.0 Å². The lowest BCUT2D eigenvalue weighted by molar-refractivity contribution is -0.147. The van der Waals surface area contributed by atoms with E-state index in [9.17, 15) is 9.90 Å². The molecule has 1 aliphatic rings. The summed E-state index contributed by atoms with van der Waals surface area (Å²) in [5.74, 6) is -0.216. The number of ether oxygens (including phenoxy) is 1. The molecule has 5 heteroatoms. The van der Waals surface area contributed by atoms with Crippen molar-refractivity contribution in [2.75, 3.05) is 13.2 Å². The summed E-state index contributed by atoms with van der Waals surface area (Å²) in [5, 5.41) is 13.3. The maximum absolute atomic E-state index is 11.6. The molecule has 0 atom stereocenters. The van der Waals surface area contributed by atoms with Crippen LogP contribution in [0.2, 0.25) is 0 Å². The minimum Gasteiger partial charge on any atom is -0.481 e. The molecule has 0 aromatic carbocycles. The number of aromatic nitrogens is 1. The summed E-state index contributed by atoms with van der Waals surface area (Å²) < 4.78 is 10.3. The number of hydrogen-bond acceptors (Lipinski definition) is 4. The van der Waals surface area contributed by atoms with E-state index < -0.39 is 11.4 Å². The Morgan fingerprint density at radius 3 is 2.44 bits per heavy atom. The van der Waals surface area contributed by atoms with Gasteiger partial charge >= 0.3 is 5.97 Å². The van der Waals surface area contributed by atoms with Crippen molar-refractivity contribution in [2.45, 2.75) is 32.1 Å². The van der Waals surface area contributed by atoms with Crippen molar-refractivity contribution in [2.24, 2.45) is 0 Å². The molecule has 1 aromatic heterocycles. The van der Waals surface area contributed by atoms with Gasteiger partial charge in [-0.05, 0) is 26.7 Å². The number of carboxylic acids is 1. The van der Waals surface area contributed by atoms with Crippen molar-refractivity contribution in [3.63, 3.8) is 0 Å². The molecule has 1 aromatic rings. The topological polar surface area (TPSA) is 72.6 Å². The van der Waals surface area contributed by atoms with Crippen molar-refractivity contribution >= 4 is 5.97 Å². The van der Waals surface area contributed by atoms with E-state index in [1.807, 2.05) is 0 Å². The van der Waals surface area contributed by atoms with Gasteiger partial charge in [0, 0.05) is 18.8 Å². The van der Waals surface area contributed by atoms with Crippen LogP contribution >= 0.6 is 0 Å². The van der Waals surface area contributed by atoms with Gasteiger partial charge in [0.05, 0.1) is 5.69 Å². The van der Waals surface area contributed by atoms with Crippen LogP contribution in [0.25, 0.3) is 0 Å². The fourth-order valence-corrected chi connectivity index (χ4v) is 2.46. The molecule has 1 fully saturated rings. The van der Waals surface area contributed by atoms with Crippen molar-refractivity contribution < 1.29 is 19.2 Å². The first-order chi connectivity index (χ1) is 7.58. The zero-order valence-corrected chi connectivity index (χ0v) is 9.45. The van der Waals surface area contributed by atoms with E-state index in [1.54, 1.807) is 13.8 Å². The first-order valence-electron chi connectivity index (χ1n) is 5.32. The fraction of sp³-hybridized carbons (Fsp3) is 0.636. The van der Waals surface area contributed by atoms with Gasteiger partial charge in [-0.25, -0.2) is 0 Å². The first kappa shape index (κ1) is 11.1. The Morgan fingerprint density at radius 1 is 1.38 bits per heavy atom. The number of rotatable bonds is 2. The Balaban J connectivity index is 2.51. The smallest absolute Gasteiger partial charge is 0.314 e. The summed E-state index contributed by atoms with van der Waals surface area (Å²) in [7, 11) is 0. The van der Waals surface area contributed by atoms with Crippen LogP contribution in [0, 0.1) is 13.8 Å². The lowest BCUT2D eigenvalue weighted by Gasteiger charge is -2.33. The van der Waals surface area contributed by atoms with E-state index in [0.717, 1.165) is 5.56 Å². The molecule has 1 aliphatic heterocycles. The second-order valence-electron chi connectivity index (χ2n) is 4.20. The highest BCUT2D eigenvalue weighted by molar-refractivity contribution is 5.82. The zero-order valence-electron chi connectivity index (χ0n) is 9.45. The third-order valence-electron chi connectivity index (χ3n) is 3.27. The Labute approximate surface area is 93.4 Å². The highest BCUT2D eigenvalue weighted by atomic mass is 16.5. The third kappa shape index (κ3) is 1.51. The van der Waals surface area contributed by atoms with Crippen molar-refractivity contribution in [1.82, 2.24) is 5.16 Å². The molecule has 0 unspecified atom stereocenters. The first-order valence-corrected chi connectivity index (χ1v) is 5.32. The van der Waals surface area contributed by atoms with Gasteiger partial charge in [0.15, 0.2) is 0 Å². The Kier molecular flexibility index (Phi) is 2.71. The molecule has 0 radical (unpaired) electrons. The Hall–Kier alpha value is -1.36. The largest absolute Gasteiger partial charge is 0.481 e. The van der Waals surface area contributed by atoms with Crippen molar-refractivity contribution in [3.8, 4) is 0 Å². The van der Waals surface area contributed by atoms with E-state index in [2.05, 4.69) is 5.16 Å². The standard InChI is InChI=1S/C11H15NO4/c1-7-9(8(2)16-12-7)11(10(13)14)3-5-15-6-4-11/h3-6H2,1-2H3,(H,13,14). The van der Waals surface area contributed by atoms with Gasteiger partial charge in [-0.1, -0.05) is 5.16 Å². The second kappa shape index (κ2) is 3.90. The summed E-state index contributed by atoms with van der Waals surface area (Å²) in [5.41, 5.74) is 0.511. The van der Waals surface area contributed by atoms with Gasteiger partial charge in [-0.15, -0.1) is 0 Å². The molecule has 5 nitrogen and oxygen atoms in total. The average molecular weight is 225 g/mol. The highest BCUT2D eigenvalue weighted by Crippen LogP contribution is 2.38. The molecule has 0 amide bonds. The van der Waals surface area contributed by atoms with Gasteiger partial charge in [0.25, 0.3) is 0 Å². The van der Waals surface area contributed by atoms with E-state index >= 15 is 0 Å². The maximum atomic E-state index is 11.6. The number of aliphatic carboxylic acids is 1. The number of aryl methyl sites for hydroxylation is 2. The molecule has 0 spiro atoms. The number of hydrogen-bond donors (Lipinski definition) is 1. The normalized spacial score (nSPS) is 19.6. The molecule has 1 saturated heterocycles. The Bertz CT molecular complexity index is 385. The van der Waals surface area contributed by atoms with E-state index in [0.29, 0.717) is 37.5 Å². The number of carbonyl (C=O) groups is 1. The van der Waals surface area contributed by atoms with Gasteiger partial charge in [0.1, 0.15) is 11.2 Å². The van der Waals surface area contributed by atoms with Crippen LogP contribution in [0.15, 0.2) is 4.52 Å². The highest BCUT2D eigenvalue weighted by Gasteiger charge is 2.45. The number of nitrogens with zero attached hydrogens (tertiary/aromatic N) is 1. The van der Waals surface area contributed by atoms with Gasteiger partial charge in [0.2, 0.25) is 0 Å². The minimum absolute atomic E-state index is 0.469. The lowest BCUT2D eigenvalue weighted by Crippen LogP contribution is -2.42. The SMILES string of the molecule is Cc1noc(C)c1C1(C(=O)O)CCOCC1. The van der Waals surface area contributed by atoms with Crippen molar-refractivity contribution in [1.29, 1.82) is 0 Å². The zero-order chi connectivity index (χ0) is 11.8. The monoisotopic (exact) mass is 225 g/mol. The maximum Gasteiger partial charge on any atom is 0.314 e. The quantitative estimate of drug-likeness (QED) is 0.824. The molecule has 2 heterocycles. The van der Waals surface area contributed by atoms with Crippen LogP contribution < -0.4 is 0 Å². The van der Waals surface area contributed by atoms with Crippen LogP contribution in [0.3, 0.4) is 0 Å². The summed E-state index contributed by atoms with van der Waals surface area (Å²) >= 11 is 0. The molecular formula is C11H15NO4. The van der Waals surface area contributed by atoms with Gasteiger partial charge in [-0.2, -0.15) is 0 Å². The predicted molar refractivity (Wildman–Crippen MR) is 55.3 cm³/mol. The van der Waals surface area contributed by atoms with E-state index in [-0.39, 0.29) is 0 Å². The van der Waals surface area contributed by atoms with Crippen LogP contribution in [-0.2, 0) is 14.9 Å². The van der Waals surface area contributed by atoms with Crippen LogP contribution in [-0.4, -0.2) is 29.4 Å². The summed E-state index contributed by atoms with van der Waals surface area (Å²) in [6.45, 7) is 4.48. The summed E-state index contributed by atoms with van der Waals surface area (Å²) in [6, 6.07) is 0. The molecule has 2 rings (SSSR count). The molecule has 16 heavy (non-hydrogen) atoms. The summed E-state index contributed by atoms with van der Waals surface area (Å²) in [4.78, 5) is 11.6. The van der Waals surface area contributed by atoms with Gasteiger partial charge < -0.3 is 14.4 Å². The van der Waals surface area contributed by atoms with E-state index in [1.165, 1.54) is 0 Å². The lowest BCUT2D eigenvalue weighted by atomic mass is 9.73. The van der Waals surface area contributed by atoms with Crippen LogP contribution in [0.1, 0.15) is 29.9 Å². The predicted octanol–water partition coefficient (Wildman–Crippen LogP) is 1.42. The molecule has 88 valence electrons. The van der Waals surface area contributed by atoms with E-state index in [4.69, 9.17) is 9.26 Å². The average Bonchev–Trinajstić information content (AvgIpc) is 2.60. The minimum atomic E-state index is -0.883. The van der Waals surface area contributed by atoms with Crippen LogP contribution in [0.5, 0.6) is 0 Å². The molecule has 0 saturated carbocycles. The van der Waals surface area contributed by atoms with Crippen LogP contribution in [0.4, 0.5) is 0 Å². The molecule has 0 bridgehead atoms. The fourth-order valence-electron chi connectivity index (χ4n) is 2.46. The molecular weight excluding hydrogens is 210 g/mol. The Morgan fingerprint density at radius 2 is 2.00 bits per heavy atom. The molecule has 1 N–H and O–H groups in total. The molecule has 0 aliphatic carbocycles. The second-order valence-corrected chi connectivity index (χ2v) is 4.20. The third-order valence-corrected chi connectivity index (χ3v) is 3.27. The summed E-state index contributed by atoms with van der Waals surface area (Å²) in [6.07, 6.45) is 0.955. The number of carboxylic acid groups (broad SMARTS) is 1.